The van der Waals surface area contributed by atoms with E-state index in [0.717, 1.165) is 22.2 Å². The first kappa shape index (κ1) is 15.6. The highest BCUT2D eigenvalue weighted by Gasteiger charge is 2.06. The molecule has 0 saturated carbocycles. The third-order valence-corrected chi connectivity index (χ3v) is 4.70. The van der Waals surface area contributed by atoms with E-state index in [0.29, 0.717) is 6.42 Å². The first-order valence-corrected chi connectivity index (χ1v) is 8.68. The summed E-state index contributed by atoms with van der Waals surface area (Å²) in [5.41, 5.74) is 2.14. The van der Waals surface area contributed by atoms with E-state index in [2.05, 4.69) is 48.6 Å². The molecule has 0 radical (unpaired) electrons. The van der Waals surface area contributed by atoms with Crippen molar-refractivity contribution < 1.29 is 4.79 Å². The molecule has 0 fully saturated rings. The number of hydrogen-bond donors (Lipinski definition) is 1. The molecule has 0 aliphatic rings. The van der Waals surface area contributed by atoms with Crippen LogP contribution in [0.3, 0.4) is 0 Å². The number of aryl methyl sites for hydroxylation is 1. The molecule has 3 aromatic carbocycles. The van der Waals surface area contributed by atoms with Crippen LogP contribution in [0.5, 0.6) is 0 Å². The van der Waals surface area contributed by atoms with Gasteiger partial charge in [0.15, 0.2) is 0 Å². The predicted molar refractivity (Wildman–Crippen MR) is 99.1 cm³/mol. The fraction of sp³-hybridized carbons (Fsp3) is 0.150. The minimum Gasteiger partial charge on any atom is -0.325 e. The van der Waals surface area contributed by atoms with Gasteiger partial charge in [0.1, 0.15) is 0 Å². The summed E-state index contributed by atoms with van der Waals surface area (Å²) < 4.78 is 0. The van der Waals surface area contributed by atoms with Crippen LogP contribution in [0.15, 0.2) is 71.6 Å². The van der Waals surface area contributed by atoms with Crippen molar-refractivity contribution in [1.29, 1.82) is 0 Å². The second-order valence-electron chi connectivity index (χ2n) is 5.49. The largest absolute Gasteiger partial charge is 0.325 e. The lowest BCUT2D eigenvalue weighted by molar-refractivity contribution is -0.115. The maximum absolute atomic E-state index is 12.2. The van der Waals surface area contributed by atoms with E-state index in [1.165, 1.54) is 10.5 Å². The topological polar surface area (TPSA) is 29.1 Å². The smallest absolute Gasteiger partial charge is 0.225 e. The van der Waals surface area contributed by atoms with Crippen molar-refractivity contribution in [2.45, 2.75) is 18.2 Å². The lowest BCUT2D eigenvalue weighted by Gasteiger charge is -2.08. The van der Waals surface area contributed by atoms with E-state index >= 15 is 0 Å². The van der Waals surface area contributed by atoms with Gasteiger partial charge in [0.05, 0.1) is 0 Å². The number of fused-ring (bicyclic) bond motifs is 1. The van der Waals surface area contributed by atoms with Crippen LogP contribution >= 0.6 is 11.8 Å². The Morgan fingerprint density at radius 1 is 0.957 bits per heavy atom. The van der Waals surface area contributed by atoms with Gasteiger partial charge in [0.25, 0.3) is 0 Å². The quantitative estimate of drug-likeness (QED) is 0.649. The third kappa shape index (κ3) is 4.14. The summed E-state index contributed by atoms with van der Waals surface area (Å²) >= 11 is 1.71. The number of benzene rings is 3. The number of hydrogen-bond acceptors (Lipinski definition) is 2. The molecule has 0 saturated heterocycles. The number of amides is 1. The Bertz CT molecular complexity index is 806. The van der Waals surface area contributed by atoms with Crippen LogP contribution in [-0.2, 0) is 4.79 Å². The molecule has 0 heterocycles. The van der Waals surface area contributed by atoms with E-state index in [1.54, 1.807) is 11.8 Å². The van der Waals surface area contributed by atoms with Crippen molar-refractivity contribution >= 4 is 34.1 Å². The molecule has 0 atom stereocenters. The highest BCUT2D eigenvalue weighted by atomic mass is 32.2. The van der Waals surface area contributed by atoms with Gasteiger partial charge in [-0.1, -0.05) is 54.1 Å². The number of thioether (sulfide) groups is 1. The summed E-state index contributed by atoms with van der Waals surface area (Å²) in [5, 5.41) is 5.24. The molecule has 3 rings (SSSR count). The van der Waals surface area contributed by atoms with Crippen LogP contribution in [0.2, 0.25) is 0 Å². The molecule has 0 aliphatic carbocycles. The standard InChI is InChI=1S/C20H19NOS/c1-15-9-11-17(12-10-15)23-14-13-20(22)21-19-8-4-6-16-5-2-3-7-18(16)19/h2-12H,13-14H2,1H3,(H,21,22). The normalized spacial score (nSPS) is 10.7. The van der Waals surface area contributed by atoms with Crippen molar-refractivity contribution in [3.8, 4) is 0 Å². The van der Waals surface area contributed by atoms with E-state index in [-0.39, 0.29) is 5.91 Å². The zero-order valence-corrected chi connectivity index (χ0v) is 13.9. The summed E-state index contributed by atoms with van der Waals surface area (Å²) in [4.78, 5) is 13.4. The summed E-state index contributed by atoms with van der Waals surface area (Å²) in [6.07, 6.45) is 0.502. The Kier molecular flexibility index (Phi) is 4.99. The molecule has 2 nitrogen and oxygen atoms in total. The Hall–Kier alpha value is -2.26. The van der Waals surface area contributed by atoms with Crippen molar-refractivity contribution in [1.82, 2.24) is 0 Å². The van der Waals surface area contributed by atoms with Crippen LogP contribution in [0, 0.1) is 6.92 Å². The van der Waals surface area contributed by atoms with Gasteiger partial charge in [0.2, 0.25) is 5.91 Å². The molecule has 23 heavy (non-hydrogen) atoms. The molecular formula is C20H19NOS. The lowest BCUT2D eigenvalue weighted by atomic mass is 10.1. The molecular weight excluding hydrogens is 302 g/mol. The fourth-order valence-corrected chi connectivity index (χ4v) is 3.29. The highest BCUT2D eigenvalue weighted by molar-refractivity contribution is 7.99. The van der Waals surface area contributed by atoms with Crippen LogP contribution in [-0.4, -0.2) is 11.7 Å². The molecule has 0 spiro atoms. The van der Waals surface area contributed by atoms with Gasteiger partial charge in [-0.05, 0) is 30.5 Å². The van der Waals surface area contributed by atoms with E-state index in [4.69, 9.17) is 0 Å². The molecule has 3 aromatic rings. The van der Waals surface area contributed by atoms with Gasteiger partial charge < -0.3 is 5.32 Å². The Labute approximate surface area is 140 Å². The van der Waals surface area contributed by atoms with Gasteiger partial charge in [-0.25, -0.2) is 0 Å². The number of carbonyl (C=O) groups is 1. The Balaban J connectivity index is 1.57. The van der Waals surface area contributed by atoms with Gasteiger partial charge in [-0.3, -0.25) is 4.79 Å². The monoisotopic (exact) mass is 321 g/mol. The molecule has 116 valence electrons. The zero-order valence-electron chi connectivity index (χ0n) is 13.1. The van der Waals surface area contributed by atoms with Crippen LogP contribution in [0.1, 0.15) is 12.0 Å². The third-order valence-electron chi connectivity index (χ3n) is 3.68. The second kappa shape index (κ2) is 7.34. The van der Waals surface area contributed by atoms with E-state index in [9.17, 15) is 4.79 Å². The number of anilines is 1. The first-order chi connectivity index (χ1) is 11.2. The maximum atomic E-state index is 12.2. The summed E-state index contributed by atoms with van der Waals surface area (Å²) in [7, 11) is 0. The summed E-state index contributed by atoms with van der Waals surface area (Å²) in [6.45, 7) is 2.08. The number of carbonyl (C=O) groups excluding carboxylic acids is 1. The van der Waals surface area contributed by atoms with Gasteiger partial charge in [-0.2, -0.15) is 0 Å². The molecule has 1 amide bonds. The molecule has 0 aromatic heterocycles. The average molecular weight is 321 g/mol. The molecule has 0 aliphatic heterocycles. The Morgan fingerprint density at radius 3 is 2.52 bits per heavy atom. The van der Waals surface area contributed by atoms with Crippen molar-refractivity contribution in [3.05, 3.63) is 72.3 Å². The minimum atomic E-state index is 0.0564. The minimum absolute atomic E-state index is 0.0564. The van der Waals surface area contributed by atoms with Crippen LogP contribution in [0.25, 0.3) is 10.8 Å². The number of rotatable bonds is 5. The molecule has 3 heteroatoms. The number of nitrogens with one attached hydrogen (secondary N) is 1. The van der Waals surface area contributed by atoms with Crippen molar-refractivity contribution in [2.24, 2.45) is 0 Å². The maximum Gasteiger partial charge on any atom is 0.225 e. The summed E-state index contributed by atoms with van der Waals surface area (Å²) in [5.74, 6) is 0.834. The van der Waals surface area contributed by atoms with E-state index < -0.39 is 0 Å². The predicted octanol–water partition coefficient (Wildman–Crippen LogP) is 5.27. The van der Waals surface area contributed by atoms with Gasteiger partial charge in [-0.15, -0.1) is 11.8 Å². The van der Waals surface area contributed by atoms with Gasteiger partial charge >= 0.3 is 0 Å². The first-order valence-electron chi connectivity index (χ1n) is 7.69. The average Bonchev–Trinajstić information content (AvgIpc) is 2.57. The Morgan fingerprint density at radius 2 is 1.70 bits per heavy atom. The van der Waals surface area contributed by atoms with Crippen LogP contribution in [0.4, 0.5) is 5.69 Å². The van der Waals surface area contributed by atoms with Crippen molar-refractivity contribution in [2.75, 3.05) is 11.1 Å². The van der Waals surface area contributed by atoms with Gasteiger partial charge in [0, 0.05) is 28.1 Å². The molecule has 1 N–H and O–H groups in total. The fourth-order valence-electron chi connectivity index (χ4n) is 2.44. The second-order valence-corrected chi connectivity index (χ2v) is 6.65. The highest BCUT2D eigenvalue weighted by Crippen LogP contribution is 2.24. The van der Waals surface area contributed by atoms with Crippen LogP contribution < -0.4 is 5.32 Å². The zero-order chi connectivity index (χ0) is 16.1. The molecule has 0 unspecified atom stereocenters. The lowest BCUT2D eigenvalue weighted by Crippen LogP contribution is -2.12. The SMILES string of the molecule is Cc1ccc(SCCC(=O)Nc2cccc3ccccc23)cc1. The van der Waals surface area contributed by atoms with Crippen molar-refractivity contribution in [3.63, 3.8) is 0 Å². The summed E-state index contributed by atoms with van der Waals surface area (Å²) in [6, 6.07) is 22.5. The molecule has 0 bridgehead atoms. The van der Waals surface area contributed by atoms with E-state index in [1.807, 2.05) is 30.3 Å².